The fourth-order valence-electron chi connectivity index (χ4n) is 2.90. The number of thiophene rings is 1. The zero-order chi connectivity index (χ0) is 22.1. The Morgan fingerprint density at radius 3 is 2.30 bits per heavy atom. The number of hydrogen-bond acceptors (Lipinski definition) is 5. The number of aryl methyl sites for hydroxylation is 3. The molecule has 0 spiro atoms. The zero-order valence-electron chi connectivity index (χ0n) is 16.9. The summed E-state index contributed by atoms with van der Waals surface area (Å²) in [5.74, 6) is -0.244. The molecule has 0 aliphatic heterocycles. The second kappa shape index (κ2) is 8.67. The number of ether oxygens (including phenoxy) is 1. The summed E-state index contributed by atoms with van der Waals surface area (Å²) in [6.07, 6.45) is 0. The van der Waals surface area contributed by atoms with Gasteiger partial charge in [0.25, 0.3) is 15.9 Å². The number of sulfonamides is 1. The lowest BCUT2D eigenvalue weighted by molar-refractivity contribution is 0.103. The summed E-state index contributed by atoms with van der Waals surface area (Å²) in [4.78, 5) is 12.8. The fraction of sp³-hybridized carbons (Fsp3) is 0.190. The first-order chi connectivity index (χ1) is 14.1. The first-order valence-corrected chi connectivity index (χ1v) is 11.7. The molecule has 0 radical (unpaired) electrons. The lowest BCUT2D eigenvalue weighted by Crippen LogP contribution is -2.17. The van der Waals surface area contributed by atoms with Crippen molar-refractivity contribution in [1.29, 1.82) is 0 Å². The average molecular weight is 465 g/mol. The molecule has 2 N–H and O–H groups in total. The molecule has 158 valence electrons. The molecular weight excluding hydrogens is 444 g/mol. The van der Waals surface area contributed by atoms with Gasteiger partial charge in [-0.3, -0.25) is 9.52 Å². The molecule has 2 aromatic carbocycles. The summed E-state index contributed by atoms with van der Waals surface area (Å²) in [5, 5.41) is 4.87. The highest BCUT2D eigenvalue weighted by molar-refractivity contribution is 7.92. The van der Waals surface area contributed by atoms with Crippen molar-refractivity contribution in [2.45, 2.75) is 25.7 Å². The zero-order valence-corrected chi connectivity index (χ0v) is 19.3. The number of para-hydroxylation sites is 1. The number of carbonyl (C=O) groups excluding carboxylic acids is 1. The van der Waals surface area contributed by atoms with Crippen molar-refractivity contribution in [3.63, 3.8) is 0 Å². The molecule has 0 aliphatic carbocycles. The molecule has 9 heteroatoms. The van der Waals surface area contributed by atoms with Crippen molar-refractivity contribution in [3.05, 3.63) is 68.4 Å². The summed E-state index contributed by atoms with van der Waals surface area (Å²) in [6.45, 7) is 5.46. The molecule has 0 unspecified atom stereocenters. The first-order valence-electron chi connectivity index (χ1n) is 8.96. The van der Waals surface area contributed by atoms with Crippen LogP contribution in [0.1, 0.15) is 26.4 Å². The van der Waals surface area contributed by atoms with Crippen molar-refractivity contribution in [3.8, 4) is 5.75 Å². The number of nitrogens with one attached hydrogen (secondary N) is 2. The van der Waals surface area contributed by atoms with Gasteiger partial charge in [0.1, 0.15) is 15.5 Å². The molecule has 0 saturated carbocycles. The Balaban J connectivity index is 1.96. The van der Waals surface area contributed by atoms with Crippen molar-refractivity contribution < 1.29 is 17.9 Å². The molecule has 1 heterocycles. The van der Waals surface area contributed by atoms with Crippen LogP contribution in [0.25, 0.3) is 0 Å². The van der Waals surface area contributed by atoms with Crippen molar-refractivity contribution in [2.75, 3.05) is 17.1 Å². The molecule has 3 rings (SSSR count). The standard InChI is InChI=1S/C21H21ClN2O4S2/c1-12-6-5-7-13(2)19(12)24-30(26,27)17-10-15(8-9-16(17)28-4)23-21(25)20-18(22)14(3)11-29-20/h5-11,24H,1-4H3,(H,23,25). The number of rotatable bonds is 6. The van der Waals surface area contributed by atoms with Crippen LogP contribution in [0, 0.1) is 20.8 Å². The molecule has 30 heavy (non-hydrogen) atoms. The smallest absolute Gasteiger partial charge is 0.267 e. The third kappa shape index (κ3) is 4.45. The number of carbonyl (C=O) groups is 1. The Labute approximate surface area is 184 Å². The van der Waals surface area contributed by atoms with E-state index in [4.69, 9.17) is 16.3 Å². The molecule has 1 amide bonds. The van der Waals surface area contributed by atoms with Crippen LogP contribution in [0.4, 0.5) is 11.4 Å². The van der Waals surface area contributed by atoms with Crippen molar-refractivity contribution in [2.24, 2.45) is 0 Å². The van der Waals surface area contributed by atoms with Gasteiger partial charge in [-0.15, -0.1) is 11.3 Å². The maximum Gasteiger partial charge on any atom is 0.267 e. The van der Waals surface area contributed by atoms with E-state index in [0.29, 0.717) is 21.3 Å². The highest BCUT2D eigenvalue weighted by Gasteiger charge is 2.23. The van der Waals surface area contributed by atoms with Crippen molar-refractivity contribution >= 4 is 50.2 Å². The topological polar surface area (TPSA) is 84.5 Å². The molecule has 0 atom stereocenters. The maximum absolute atomic E-state index is 13.1. The van der Waals surface area contributed by atoms with Crippen LogP contribution >= 0.6 is 22.9 Å². The van der Waals surface area contributed by atoms with Crippen LogP contribution in [0.2, 0.25) is 5.02 Å². The van der Waals surface area contributed by atoms with Crippen LogP contribution in [0.3, 0.4) is 0 Å². The predicted molar refractivity (Wildman–Crippen MR) is 122 cm³/mol. The fourth-order valence-corrected chi connectivity index (χ4v) is 5.47. The predicted octanol–water partition coefficient (Wildman–Crippen LogP) is 5.39. The Morgan fingerprint density at radius 1 is 1.07 bits per heavy atom. The molecule has 0 aliphatic rings. The van der Waals surface area contributed by atoms with Gasteiger partial charge in [0, 0.05) is 5.69 Å². The normalized spacial score (nSPS) is 11.2. The Hall–Kier alpha value is -2.55. The van der Waals surface area contributed by atoms with E-state index in [1.165, 1.54) is 30.6 Å². The minimum absolute atomic E-state index is 0.0843. The quantitative estimate of drug-likeness (QED) is 0.512. The van der Waals surface area contributed by atoms with Gasteiger partial charge >= 0.3 is 0 Å². The average Bonchev–Trinajstić information content (AvgIpc) is 3.03. The van der Waals surface area contributed by atoms with Crippen LogP contribution in [0.5, 0.6) is 5.75 Å². The number of methoxy groups -OCH3 is 1. The molecule has 0 fully saturated rings. The van der Waals surface area contributed by atoms with E-state index in [2.05, 4.69) is 10.0 Å². The molecule has 0 saturated heterocycles. The highest BCUT2D eigenvalue weighted by Crippen LogP contribution is 2.32. The van der Waals surface area contributed by atoms with Crippen LogP contribution in [0.15, 0.2) is 46.7 Å². The number of hydrogen-bond donors (Lipinski definition) is 2. The van der Waals surface area contributed by atoms with Gasteiger partial charge in [-0.25, -0.2) is 8.42 Å². The Morgan fingerprint density at radius 2 is 1.73 bits per heavy atom. The molecule has 0 bridgehead atoms. The molecule has 3 aromatic rings. The molecule has 1 aromatic heterocycles. The third-order valence-corrected chi connectivity index (χ3v) is 7.60. The maximum atomic E-state index is 13.1. The van der Waals surface area contributed by atoms with Gasteiger partial charge in [0.05, 0.1) is 17.8 Å². The summed E-state index contributed by atoms with van der Waals surface area (Å²) in [6, 6.07) is 9.94. The minimum Gasteiger partial charge on any atom is -0.495 e. The van der Waals surface area contributed by atoms with Crippen LogP contribution in [-0.4, -0.2) is 21.4 Å². The van der Waals surface area contributed by atoms with Crippen molar-refractivity contribution in [1.82, 2.24) is 0 Å². The van der Waals surface area contributed by atoms with E-state index < -0.39 is 15.9 Å². The minimum atomic E-state index is -3.98. The van der Waals surface area contributed by atoms with E-state index in [1.807, 2.05) is 39.0 Å². The number of halogens is 1. The lowest BCUT2D eigenvalue weighted by Gasteiger charge is -2.16. The van der Waals surface area contributed by atoms with Gasteiger partial charge < -0.3 is 10.1 Å². The van der Waals surface area contributed by atoms with Gasteiger partial charge in [-0.1, -0.05) is 29.8 Å². The number of anilines is 2. The largest absolute Gasteiger partial charge is 0.495 e. The second-order valence-corrected chi connectivity index (χ2v) is 9.66. The summed E-state index contributed by atoms with van der Waals surface area (Å²) in [7, 11) is -2.59. The van der Waals surface area contributed by atoms with E-state index in [9.17, 15) is 13.2 Å². The molecular formula is C21H21ClN2O4S2. The SMILES string of the molecule is COc1ccc(NC(=O)c2scc(C)c2Cl)cc1S(=O)(=O)Nc1c(C)cccc1C. The van der Waals surface area contributed by atoms with Crippen LogP contribution < -0.4 is 14.8 Å². The van der Waals surface area contributed by atoms with Gasteiger partial charge in [0.2, 0.25) is 0 Å². The number of benzene rings is 2. The van der Waals surface area contributed by atoms with Gasteiger partial charge in [0.15, 0.2) is 0 Å². The van der Waals surface area contributed by atoms with E-state index in [1.54, 1.807) is 11.4 Å². The highest BCUT2D eigenvalue weighted by atomic mass is 35.5. The summed E-state index contributed by atoms with van der Waals surface area (Å²) in [5.41, 5.74) is 3.22. The first kappa shape index (κ1) is 22.1. The Bertz CT molecular complexity index is 1200. The number of amides is 1. The van der Waals surface area contributed by atoms with E-state index >= 15 is 0 Å². The van der Waals surface area contributed by atoms with E-state index in [-0.39, 0.29) is 10.6 Å². The lowest BCUT2D eigenvalue weighted by atomic mass is 10.1. The Kier molecular flexibility index (Phi) is 6.40. The van der Waals surface area contributed by atoms with E-state index in [0.717, 1.165) is 16.7 Å². The summed E-state index contributed by atoms with van der Waals surface area (Å²) >= 11 is 7.39. The molecule has 6 nitrogen and oxygen atoms in total. The monoisotopic (exact) mass is 464 g/mol. The van der Waals surface area contributed by atoms with Gasteiger partial charge in [-0.2, -0.15) is 0 Å². The third-order valence-electron chi connectivity index (χ3n) is 4.53. The second-order valence-electron chi connectivity index (χ2n) is 6.75. The van der Waals surface area contributed by atoms with Gasteiger partial charge in [-0.05, 0) is 61.0 Å². The van der Waals surface area contributed by atoms with Crippen LogP contribution in [-0.2, 0) is 10.0 Å². The summed E-state index contributed by atoms with van der Waals surface area (Å²) < 4.78 is 34.1.